The second-order valence-corrected chi connectivity index (χ2v) is 7.04. The zero-order valence-electron chi connectivity index (χ0n) is 16.1. The van der Waals surface area contributed by atoms with E-state index >= 15 is 0 Å². The van der Waals surface area contributed by atoms with Gasteiger partial charge in [0.25, 0.3) is 0 Å². The second kappa shape index (κ2) is 8.84. The molecule has 0 aromatic heterocycles. The third-order valence-electron chi connectivity index (χ3n) is 4.75. The van der Waals surface area contributed by atoms with Gasteiger partial charge in [-0.1, -0.05) is 48.5 Å². The minimum atomic E-state index is -0.0705. The lowest BCUT2D eigenvalue weighted by Gasteiger charge is -2.22. The first-order valence-corrected chi connectivity index (χ1v) is 9.75. The maximum Gasteiger partial charge on any atom is 0.231 e. The molecule has 3 aromatic carbocycles. The van der Waals surface area contributed by atoms with Crippen LogP contribution in [0.15, 0.2) is 72.8 Å². The van der Waals surface area contributed by atoms with E-state index in [4.69, 9.17) is 26.4 Å². The molecule has 0 fully saturated rings. The van der Waals surface area contributed by atoms with Gasteiger partial charge in [-0.15, -0.1) is 0 Å². The lowest BCUT2D eigenvalue weighted by Crippen LogP contribution is -2.37. The average Bonchev–Trinajstić information content (AvgIpc) is 3.25. The zero-order valence-corrected chi connectivity index (χ0v) is 16.9. The molecule has 0 spiro atoms. The fourth-order valence-corrected chi connectivity index (χ4v) is 3.41. The first kappa shape index (κ1) is 19.1. The third-order valence-corrected chi connectivity index (χ3v) is 5.01. The fraction of sp³-hybridized carbons (Fsp3) is 0.174. The van der Waals surface area contributed by atoms with E-state index in [2.05, 4.69) is 22.8 Å². The van der Waals surface area contributed by atoms with Gasteiger partial charge in [-0.05, 0) is 53.2 Å². The topological polar surface area (TPSA) is 51.8 Å². The van der Waals surface area contributed by atoms with Crippen molar-refractivity contribution in [3.8, 4) is 17.2 Å². The van der Waals surface area contributed by atoms with Gasteiger partial charge >= 0.3 is 0 Å². The summed E-state index contributed by atoms with van der Waals surface area (Å²) in [7, 11) is 1.66. The zero-order chi connectivity index (χ0) is 20.1. The number of fused-ring (bicyclic) bond motifs is 1. The lowest BCUT2D eigenvalue weighted by atomic mass is 9.99. The van der Waals surface area contributed by atoms with Crippen molar-refractivity contribution in [3.05, 3.63) is 89.5 Å². The predicted octanol–water partition coefficient (Wildman–Crippen LogP) is 4.18. The minimum absolute atomic E-state index is 0.0705. The van der Waals surface area contributed by atoms with Crippen LogP contribution in [0.25, 0.3) is 0 Å². The Morgan fingerprint density at radius 2 is 1.69 bits per heavy atom. The molecule has 1 heterocycles. The van der Waals surface area contributed by atoms with E-state index in [1.54, 1.807) is 7.11 Å². The van der Waals surface area contributed by atoms with E-state index in [0.717, 1.165) is 33.9 Å². The highest BCUT2D eigenvalue weighted by Crippen LogP contribution is 2.32. The number of nitrogens with one attached hydrogen (secondary N) is 2. The quantitative estimate of drug-likeness (QED) is 0.599. The highest BCUT2D eigenvalue weighted by atomic mass is 32.1. The highest BCUT2D eigenvalue weighted by molar-refractivity contribution is 7.80. The van der Waals surface area contributed by atoms with Crippen molar-refractivity contribution in [1.82, 2.24) is 10.6 Å². The summed E-state index contributed by atoms with van der Waals surface area (Å²) in [5.74, 6) is 2.37. The molecule has 1 atom stereocenters. The van der Waals surface area contributed by atoms with E-state index < -0.39 is 0 Å². The Balaban J connectivity index is 1.46. The molecule has 148 valence electrons. The summed E-state index contributed by atoms with van der Waals surface area (Å²) in [5, 5.41) is 7.29. The number of thiocarbonyl (C=S) groups is 1. The molecular formula is C23H22N2O3S. The Morgan fingerprint density at radius 1 is 0.966 bits per heavy atom. The van der Waals surface area contributed by atoms with Crippen molar-refractivity contribution in [3.63, 3.8) is 0 Å². The normalized spacial score (nSPS) is 12.9. The Morgan fingerprint density at radius 3 is 2.45 bits per heavy atom. The van der Waals surface area contributed by atoms with E-state index in [1.807, 2.05) is 60.7 Å². The van der Waals surface area contributed by atoms with Crippen LogP contribution < -0.4 is 24.8 Å². The molecule has 2 N–H and O–H groups in total. The molecule has 5 nitrogen and oxygen atoms in total. The predicted molar refractivity (Wildman–Crippen MR) is 116 cm³/mol. The lowest BCUT2D eigenvalue weighted by molar-refractivity contribution is 0.174. The standard InChI is InChI=1S/C23H22N2O3S/c1-26-19-10-8-18(9-11-19)22(17-5-3-2-4-6-17)25-23(29)24-14-16-7-12-20-21(13-16)28-15-27-20/h2-13,22H,14-15H2,1H3,(H2,24,25,29)/t22-/m0/s1. The molecule has 1 aliphatic rings. The Hall–Kier alpha value is -3.25. The van der Waals surface area contributed by atoms with E-state index in [9.17, 15) is 0 Å². The van der Waals surface area contributed by atoms with Crippen LogP contribution in [0.3, 0.4) is 0 Å². The Bertz CT molecular complexity index is 977. The first-order chi connectivity index (χ1) is 14.2. The molecule has 29 heavy (non-hydrogen) atoms. The number of ether oxygens (including phenoxy) is 3. The average molecular weight is 407 g/mol. The van der Waals surface area contributed by atoms with Crippen LogP contribution in [0.4, 0.5) is 0 Å². The van der Waals surface area contributed by atoms with Crippen molar-refractivity contribution in [2.24, 2.45) is 0 Å². The molecule has 0 saturated carbocycles. The summed E-state index contributed by atoms with van der Waals surface area (Å²) in [4.78, 5) is 0. The van der Waals surface area contributed by atoms with Crippen LogP contribution in [-0.2, 0) is 6.54 Å². The molecule has 0 unspecified atom stereocenters. The molecule has 3 aromatic rings. The first-order valence-electron chi connectivity index (χ1n) is 9.35. The van der Waals surface area contributed by atoms with Crippen LogP contribution in [0.5, 0.6) is 17.2 Å². The van der Waals surface area contributed by atoms with Gasteiger partial charge in [-0.3, -0.25) is 0 Å². The van der Waals surface area contributed by atoms with Gasteiger partial charge < -0.3 is 24.8 Å². The van der Waals surface area contributed by atoms with Crippen LogP contribution in [0.1, 0.15) is 22.7 Å². The third kappa shape index (κ3) is 4.60. The van der Waals surface area contributed by atoms with Gasteiger partial charge in [0.15, 0.2) is 16.6 Å². The van der Waals surface area contributed by atoms with Crippen molar-refractivity contribution in [2.45, 2.75) is 12.6 Å². The number of hydrogen-bond acceptors (Lipinski definition) is 4. The van der Waals surface area contributed by atoms with Crippen molar-refractivity contribution < 1.29 is 14.2 Å². The van der Waals surface area contributed by atoms with Crippen LogP contribution in [0.2, 0.25) is 0 Å². The summed E-state index contributed by atoms with van der Waals surface area (Å²) in [6.45, 7) is 0.861. The summed E-state index contributed by atoms with van der Waals surface area (Å²) in [6.07, 6.45) is 0. The number of rotatable bonds is 6. The summed E-state index contributed by atoms with van der Waals surface area (Å²) < 4.78 is 16.1. The largest absolute Gasteiger partial charge is 0.497 e. The number of hydrogen-bond donors (Lipinski definition) is 2. The molecule has 1 aliphatic heterocycles. The van der Waals surface area contributed by atoms with Crippen molar-refractivity contribution in [1.29, 1.82) is 0 Å². The maximum atomic E-state index is 5.57. The van der Waals surface area contributed by atoms with Gasteiger partial charge in [0.1, 0.15) is 5.75 Å². The van der Waals surface area contributed by atoms with E-state index in [1.165, 1.54) is 0 Å². The van der Waals surface area contributed by atoms with Gasteiger partial charge in [0.2, 0.25) is 6.79 Å². The van der Waals surface area contributed by atoms with Crippen LogP contribution >= 0.6 is 12.2 Å². The molecule has 0 amide bonds. The Labute approximate surface area is 175 Å². The molecule has 0 radical (unpaired) electrons. The number of benzene rings is 3. The monoisotopic (exact) mass is 406 g/mol. The summed E-state index contributed by atoms with van der Waals surface area (Å²) in [5.41, 5.74) is 3.30. The molecule has 6 heteroatoms. The summed E-state index contributed by atoms with van der Waals surface area (Å²) >= 11 is 5.57. The molecule has 4 rings (SSSR count). The van der Waals surface area contributed by atoms with Gasteiger partial charge in [-0.2, -0.15) is 0 Å². The Kier molecular flexibility index (Phi) is 5.81. The molecule has 0 bridgehead atoms. The highest BCUT2D eigenvalue weighted by Gasteiger charge is 2.16. The van der Waals surface area contributed by atoms with Crippen LogP contribution in [0, 0.1) is 0 Å². The van der Waals surface area contributed by atoms with E-state index in [0.29, 0.717) is 11.7 Å². The second-order valence-electron chi connectivity index (χ2n) is 6.63. The van der Waals surface area contributed by atoms with Gasteiger partial charge in [0.05, 0.1) is 13.2 Å². The van der Waals surface area contributed by atoms with Crippen molar-refractivity contribution >= 4 is 17.3 Å². The SMILES string of the molecule is COc1ccc([C@@H](NC(=S)NCc2ccc3c(c2)OCO3)c2ccccc2)cc1. The maximum absolute atomic E-state index is 5.57. The van der Waals surface area contributed by atoms with Gasteiger partial charge in [0, 0.05) is 6.54 Å². The molecular weight excluding hydrogens is 384 g/mol. The van der Waals surface area contributed by atoms with Gasteiger partial charge in [-0.25, -0.2) is 0 Å². The minimum Gasteiger partial charge on any atom is -0.497 e. The summed E-state index contributed by atoms with van der Waals surface area (Å²) in [6, 6.07) is 24.0. The number of methoxy groups -OCH3 is 1. The van der Waals surface area contributed by atoms with Crippen molar-refractivity contribution in [2.75, 3.05) is 13.9 Å². The molecule has 0 saturated heterocycles. The smallest absolute Gasteiger partial charge is 0.231 e. The molecule has 0 aliphatic carbocycles. The van der Waals surface area contributed by atoms with Crippen LogP contribution in [-0.4, -0.2) is 19.0 Å². The fourth-order valence-electron chi connectivity index (χ4n) is 3.22. The van der Waals surface area contributed by atoms with E-state index in [-0.39, 0.29) is 12.8 Å².